The molecule has 0 unspecified atom stereocenters. The molecule has 1 aromatic rings. The van der Waals surface area contributed by atoms with Gasteiger partial charge in [0.1, 0.15) is 0 Å². The van der Waals surface area contributed by atoms with Crippen LogP contribution >= 0.6 is 0 Å². The van der Waals surface area contributed by atoms with Gasteiger partial charge in [0.15, 0.2) is 0 Å². The number of aromatic nitrogens is 2. The molecule has 0 saturated carbocycles. The fraction of sp³-hybridized carbons (Fsp3) is 0.765. The molecule has 2 N–H and O–H groups in total. The van der Waals surface area contributed by atoms with Crippen LogP contribution in [0.15, 0.2) is 6.07 Å². The van der Waals surface area contributed by atoms with Crippen molar-refractivity contribution in [1.82, 2.24) is 25.3 Å². The molecule has 1 saturated heterocycles. The Morgan fingerprint density at radius 2 is 1.92 bits per heavy atom. The minimum atomic E-state index is -0.102. The van der Waals surface area contributed by atoms with Crippen molar-refractivity contribution in [1.29, 1.82) is 0 Å². The van der Waals surface area contributed by atoms with E-state index >= 15 is 0 Å². The molecular weight excluding hydrogens is 306 g/mol. The second-order valence-corrected chi connectivity index (χ2v) is 6.80. The molecule has 2 atom stereocenters. The number of carbonyl (C=O) groups is 1. The smallest absolute Gasteiger partial charge is 0.314 e. The Labute approximate surface area is 144 Å². The molecule has 7 heteroatoms. The largest absolute Gasteiger partial charge is 0.379 e. The van der Waals surface area contributed by atoms with E-state index in [0.717, 1.165) is 44.2 Å². The van der Waals surface area contributed by atoms with Gasteiger partial charge in [0.25, 0.3) is 0 Å². The van der Waals surface area contributed by atoms with E-state index in [1.165, 1.54) is 0 Å². The summed E-state index contributed by atoms with van der Waals surface area (Å²) >= 11 is 0. The number of nitrogens with zero attached hydrogens (tertiary/aromatic N) is 3. The van der Waals surface area contributed by atoms with Crippen LogP contribution in [0.5, 0.6) is 0 Å². The van der Waals surface area contributed by atoms with Gasteiger partial charge in [0.05, 0.1) is 18.9 Å². The highest BCUT2D eigenvalue weighted by Crippen LogP contribution is 2.06. The third kappa shape index (κ3) is 5.79. The zero-order chi connectivity index (χ0) is 17.5. The first kappa shape index (κ1) is 18.7. The average molecular weight is 337 g/mol. The predicted octanol–water partition coefficient (Wildman–Crippen LogP) is 1.16. The fourth-order valence-corrected chi connectivity index (χ4v) is 2.94. The van der Waals surface area contributed by atoms with E-state index < -0.39 is 0 Å². The molecule has 2 heterocycles. The number of amides is 2. The van der Waals surface area contributed by atoms with Crippen LogP contribution in [-0.4, -0.2) is 66.1 Å². The Morgan fingerprint density at radius 1 is 1.25 bits per heavy atom. The summed E-state index contributed by atoms with van der Waals surface area (Å²) in [5.41, 5.74) is 2.19. The quantitative estimate of drug-likeness (QED) is 0.783. The van der Waals surface area contributed by atoms with Crippen molar-refractivity contribution in [3.05, 3.63) is 17.5 Å². The first-order valence-electron chi connectivity index (χ1n) is 8.80. The lowest BCUT2D eigenvalue weighted by molar-refractivity contribution is 0.0209. The molecule has 7 nitrogen and oxygen atoms in total. The highest BCUT2D eigenvalue weighted by Gasteiger charge is 2.17. The van der Waals surface area contributed by atoms with Gasteiger partial charge in [-0.2, -0.15) is 5.10 Å². The van der Waals surface area contributed by atoms with Crippen LogP contribution in [-0.2, 0) is 11.3 Å². The standard InChI is InChI=1S/C17H31N5O2/c1-13(12-22-15(3)9-14(2)20-22)10-18-17(23)19-11-16(4)21-5-7-24-8-6-21/h9,13,16H,5-8,10-12H2,1-4H3,(H2,18,19,23)/t13-,16+/m1/s1. The normalized spacial score (nSPS) is 18.2. The molecule has 0 radical (unpaired) electrons. The lowest BCUT2D eigenvalue weighted by atomic mass is 10.2. The Hall–Kier alpha value is -1.60. The average Bonchev–Trinajstić information content (AvgIpc) is 2.88. The van der Waals surface area contributed by atoms with Crippen molar-refractivity contribution in [2.24, 2.45) is 5.92 Å². The molecule has 2 rings (SSSR count). The number of hydrogen-bond acceptors (Lipinski definition) is 4. The molecule has 0 aromatic carbocycles. The van der Waals surface area contributed by atoms with E-state index in [4.69, 9.17) is 4.74 Å². The van der Waals surface area contributed by atoms with E-state index in [2.05, 4.69) is 47.5 Å². The van der Waals surface area contributed by atoms with Gasteiger partial charge in [0, 0.05) is 44.5 Å². The second kappa shape index (κ2) is 9.03. The molecular formula is C17H31N5O2. The number of hydrogen-bond donors (Lipinski definition) is 2. The number of ether oxygens (including phenoxy) is 1. The molecule has 0 bridgehead atoms. The Morgan fingerprint density at radius 3 is 2.54 bits per heavy atom. The molecule has 1 aromatic heterocycles. The molecule has 136 valence electrons. The molecule has 1 fully saturated rings. The summed E-state index contributed by atoms with van der Waals surface area (Å²) < 4.78 is 7.35. The molecule has 0 spiro atoms. The van der Waals surface area contributed by atoms with Crippen LogP contribution in [0.2, 0.25) is 0 Å². The van der Waals surface area contributed by atoms with Crippen molar-refractivity contribution in [2.75, 3.05) is 39.4 Å². The minimum absolute atomic E-state index is 0.102. The van der Waals surface area contributed by atoms with Crippen LogP contribution < -0.4 is 10.6 Å². The SMILES string of the molecule is Cc1cc(C)n(C[C@H](C)CNC(=O)NC[C@H](C)N2CCOCC2)n1. The minimum Gasteiger partial charge on any atom is -0.379 e. The maximum Gasteiger partial charge on any atom is 0.314 e. The third-order valence-corrected chi connectivity index (χ3v) is 4.43. The number of aryl methyl sites for hydroxylation is 2. The summed E-state index contributed by atoms with van der Waals surface area (Å²) in [4.78, 5) is 14.3. The van der Waals surface area contributed by atoms with Gasteiger partial charge in [0.2, 0.25) is 0 Å². The summed E-state index contributed by atoms with van der Waals surface area (Å²) in [6.45, 7) is 13.8. The summed E-state index contributed by atoms with van der Waals surface area (Å²) in [5, 5.41) is 10.4. The molecule has 1 aliphatic rings. The van der Waals surface area contributed by atoms with Crippen molar-refractivity contribution in [3.63, 3.8) is 0 Å². The Kier molecular flexibility index (Phi) is 7.05. The second-order valence-electron chi connectivity index (χ2n) is 6.80. The van der Waals surface area contributed by atoms with Gasteiger partial charge in [-0.25, -0.2) is 4.79 Å². The van der Waals surface area contributed by atoms with E-state index in [1.54, 1.807) is 0 Å². The Bertz CT molecular complexity index is 525. The maximum atomic E-state index is 12.0. The molecule has 0 aliphatic carbocycles. The van der Waals surface area contributed by atoms with Crippen molar-refractivity contribution < 1.29 is 9.53 Å². The highest BCUT2D eigenvalue weighted by molar-refractivity contribution is 5.73. The van der Waals surface area contributed by atoms with Gasteiger partial charge in [-0.1, -0.05) is 6.92 Å². The van der Waals surface area contributed by atoms with Gasteiger partial charge >= 0.3 is 6.03 Å². The number of rotatable bonds is 7. The fourth-order valence-electron chi connectivity index (χ4n) is 2.94. The third-order valence-electron chi connectivity index (χ3n) is 4.43. The van der Waals surface area contributed by atoms with Gasteiger partial charge in [-0.15, -0.1) is 0 Å². The molecule has 2 amide bonds. The van der Waals surface area contributed by atoms with E-state index in [9.17, 15) is 4.79 Å². The van der Waals surface area contributed by atoms with Crippen LogP contribution in [0.25, 0.3) is 0 Å². The van der Waals surface area contributed by atoms with Gasteiger partial charge in [-0.3, -0.25) is 9.58 Å². The zero-order valence-electron chi connectivity index (χ0n) is 15.3. The molecule has 1 aliphatic heterocycles. The summed E-state index contributed by atoms with van der Waals surface area (Å²) in [5.74, 6) is 0.324. The summed E-state index contributed by atoms with van der Waals surface area (Å²) in [7, 11) is 0. The lowest BCUT2D eigenvalue weighted by Crippen LogP contribution is -2.49. The first-order chi connectivity index (χ1) is 11.5. The van der Waals surface area contributed by atoms with Crippen molar-refractivity contribution in [3.8, 4) is 0 Å². The van der Waals surface area contributed by atoms with Crippen LogP contribution in [0.3, 0.4) is 0 Å². The summed E-state index contributed by atoms with van der Waals surface area (Å²) in [6.07, 6.45) is 0. The van der Waals surface area contributed by atoms with E-state index in [-0.39, 0.29) is 6.03 Å². The van der Waals surface area contributed by atoms with Crippen LogP contribution in [0.1, 0.15) is 25.2 Å². The summed E-state index contributed by atoms with van der Waals surface area (Å²) in [6, 6.07) is 2.29. The lowest BCUT2D eigenvalue weighted by Gasteiger charge is -2.32. The highest BCUT2D eigenvalue weighted by atomic mass is 16.5. The number of carbonyl (C=O) groups excluding carboxylic acids is 1. The predicted molar refractivity (Wildman–Crippen MR) is 94.1 cm³/mol. The Balaban J connectivity index is 1.64. The zero-order valence-corrected chi connectivity index (χ0v) is 15.3. The number of nitrogens with one attached hydrogen (secondary N) is 2. The monoisotopic (exact) mass is 337 g/mol. The molecule has 24 heavy (non-hydrogen) atoms. The van der Waals surface area contributed by atoms with E-state index in [0.29, 0.717) is 25.0 Å². The van der Waals surface area contributed by atoms with Crippen molar-refractivity contribution >= 4 is 6.03 Å². The maximum absolute atomic E-state index is 12.0. The first-order valence-corrected chi connectivity index (χ1v) is 8.80. The van der Waals surface area contributed by atoms with Crippen LogP contribution in [0, 0.1) is 19.8 Å². The van der Waals surface area contributed by atoms with Gasteiger partial charge in [-0.05, 0) is 32.8 Å². The van der Waals surface area contributed by atoms with E-state index in [1.807, 2.05) is 11.6 Å². The topological polar surface area (TPSA) is 71.4 Å². The van der Waals surface area contributed by atoms with Crippen molar-refractivity contribution in [2.45, 2.75) is 40.3 Å². The van der Waals surface area contributed by atoms with Crippen LogP contribution in [0.4, 0.5) is 4.79 Å². The number of morpholine rings is 1. The van der Waals surface area contributed by atoms with Gasteiger partial charge < -0.3 is 15.4 Å². The number of urea groups is 1.